The second kappa shape index (κ2) is 6.33. The molecule has 1 N–H and O–H groups in total. The topological polar surface area (TPSA) is 21.3 Å². The zero-order valence-electron chi connectivity index (χ0n) is 10.9. The molecule has 20 heavy (non-hydrogen) atoms. The van der Waals surface area contributed by atoms with Crippen molar-refractivity contribution in [1.82, 2.24) is 5.32 Å². The number of hydrogen-bond acceptors (Lipinski definition) is 2. The summed E-state index contributed by atoms with van der Waals surface area (Å²) in [7, 11) is 0. The Kier molecular flexibility index (Phi) is 4.48. The number of hydrogen-bond donors (Lipinski definition) is 1. The maximum absolute atomic E-state index is 6.32. The quantitative estimate of drug-likeness (QED) is 0.715. The van der Waals surface area contributed by atoms with Gasteiger partial charge in [0.25, 0.3) is 0 Å². The summed E-state index contributed by atoms with van der Waals surface area (Å²) in [5.41, 5.74) is 1.12. The van der Waals surface area contributed by atoms with E-state index in [4.69, 9.17) is 16.3 Å². The van der Waals surface area contributed by atoms with Crippen LogP contribution in [0.5, 0.6) is 11.5 Å². The van der Waals surface area contributed by atoms with Crippen molar-refractivity contribution in [2.45, 2.75) is 25.4 Å². The molecule has 2 nitrogen and oxygen atoms in total. The van der Waals surface area contributed by atoms with E-state index in [-0.39, 0.29) is 0 Å². The van der Waals surface area contributed by atoms with Crippen LogP contribution in [0.4, 0.5) is 0 Å². The lowest BCUT2D eigenvalue weighted by atomic mass is 10.2. The van der Waals surface area contributed by atoms with Crippen LogP contribution in [0.25, 0.3) is 0 Å². The monoisotopic (exact) mass is 399 g/mol. The van der Waals surface area contributed by atoms with Gasteiger partial charge in [-0.1, -0.05) is 29.8 Å². The van der Waals surface area contributed by atoms with E-state index in [0.717, 1.165) is 32.2 Å². The van der Waals surface area contributed by atoms with Crippen molar-refractivity contribution in [2.75, 3.05) is 0 Å². The van der Waals surface area contributed by atoms with E-state index < -0.39 is 0 Å². The molecular formula is C16H15ClINO. The Balaban J connectivity index is 1.71. The van der Waals surface area contributed by atoms with E-state index in [2.05, 4.69) is 27.9 Å². The van der Waals surface area contributed by atoms with Gasteiger partial charge in [0.05, 0.1) is 3.57 Å². The van der Waals surface area contributed by atoms with Crippen molar-refractivity contribution < 1.29 is 4.74 Å². The lowest BCUT2D eigenvalue weighted by molar-refractivity contribution is 0.479. The summed E-state index contributed by atoms with van der Waals surface area (Å²) in [6.07, 6.45) is 2.57. The van der Waals surface area contributed by atoms with Gasteiger partial charge >= 0.3 is 0 Å². The molecule has 0 aromatic heterocycles. The fourth-order valence-electron chi connectivity index (χ4n) is 1.93. The predicted molar refractivity (Wildman–Crippen MR) is 90.5 cm³/mol. The van der Waals surface area contributed by atoms with E-state index >= 15 is 0 Å². The molecule has 0 spiro atoms. The third kappa shape index (κ3) is 3.65. The van der Waals surface area contributed by atoms with Crippen molar-refractivity contribution in [3.8, 4) is 11.5 Å². The SMILES string of the molecule is Clc1cc(Oc2ccccc2I)ccc1CNC1CC1. The normalized spacial score (nSPS) is 14.3. The summed E-state index contributed by atoms with van der Waals surface area (Å²) in [5, 5.41) is 4.22. The molecule has 1 aliphatic carbocycles. The minimum atomic E-state index is 0.688. The highest BCUT2D eigenvalue weighted by Crippen LogP contribution is 2.30. The largest absolute Gasteiger partial charge is 0.456 e. The van der Waals surface area contributed by atoms with Crippen molar-refractivity contribution >= 4 is 34.2 Å². The lowest BCUT2D eigenvalue weighted by Crippen LogP contribution is -2.15. The van der Waals surface area contributed by atoms with Crippen LogP contribution in [-0.2, 0) is 6.54 Å². The molecule has 0 radical (unpaired) electrons. The van der Waals surface area contributed by atoms with Gasteiger partial charge in [-0.25, -0.2) is 0 Å². The van der Waals surface area contributed by atoms with E-state index in [9.17, 15) is 0 Å². The Hall–Kier alpha value is -0.780. The summed E-state index contributed by atoms with van der Waals surface area (Å²) < 4.78 is 6.95. The lowest BCUT2D eigenvalue weighted by Gasteiger charge is -2.10. The smallest absolute Gasteiger partial charge is 0.140 e. The molecule has 0 unspecified atom stereocenters. The van der Waals surface area contributed by atoms with E-state index in [0.29, 0.717) is 6.04 Å². The van der Waals surface area contributed by atoms with Gasteiger partial charge < -0.3 is 10.1 Å². The summed E-state index contributed by atoms with van der Waals surface area (Å²) in [4.78, 5) is 0. The molecule has 1 saturated carbocycles. The maximum Gasteiger partial charge on any atom is 0.140 e. The zero-order valence-corrected chi connectivity index (χ0v) is 13.8. The van der Waals surface area contributed by atoms with Crippen molar-refractivity contribution in [1.29, 1.82) is 0 Å². The summed E-state index contributed by atoms with van der Waals surface area (Å²) in [6, 6.07) is 14.5. The van der Waals surface area contributed by atoms with E-state index in [1.54, 1.807) is 0 Å². The van der Waals surface area contributed by atoms with Crippen LogP contribution in [0.2, 0.25) is 5.02 Å². The van der Waals surface area contributed by atoms with Crippen LogP contribution in [-0.4, -0.2) is 6.04 Å². The van der Waals surface area contributed by atoms with Crippen LogP contribution in [0.1, 0.15) is 18.4 Å². The molecule has 2 aromatic rings. The molecule has 1 aliphatic rings. The van der Waals surface area contributed by atoms with Crippen molar-refractivity contribution in [3.63, 3.8) is 0 Å². The highest BCUT2D eigenvalue weighted by atomic mass is 127. The Bertz CT molecular complexity index is 613. The fourth-order valence-corrected chi connectivity index (χ4v) is 2.67. The molecule has 4 heteroatoms. The zero-order chi connectivity index (χ0) is 13.9. The Morgan fingerprint density at radius 1 is 1.20 bits per heavy atom. The van der Waals surface area contributed by atoms with Gasteiger partial charge in [-0.3, -0.25) is 0 Å². The van der Waals surface area contributed by atoms with Crippen LogP contribution >= 0.6 is 34.2 Å². The Morgan fingerprint density at radius 2 is 2.00 bits per heavy atom. The molecule has 1 fully saturated rings. The van der Waals surface area contributed by atoms with Crippen molar-refractivity contribution in [2.24, 2.45) is 0 Å². The molecular weight excluding hydrogens is 385 g/mol. The van der Waals surface area contributed by atoms with E-state index in [1.807, 2.05) is 42.5 Å². The predicted octanol–water partition coefficient (Wildman–Crippen LogP) is 4.99. The second-order valence-electron chi connectivity index (χ2n) is 4.94. The molecule has 0 bridgehead atoms. The molecule has 104 valence electrons. The highest BCUT2D eigenvalue weighted by Gasteiger charge is 2.20. The number of rotatable bonds is 5. The van der Waals surface area contributed by atoms with Gasteiger partial charge in [-0.05, 0) is 65.3 Å². The number of benzene rings is 2. The highest BCUT2D eigenvalue weighted by molar-refractivity contribution is 14.1. The Labute approximate surface area is 137 Å². The van der Waals surface area contributed by atoms with Gasteiger partial charge in [0.15, 0.2) is 0 Å². The van der Waals surface area contributed by atoms with E-state index in [1.165, 1.54) is 12.8 Å². The molecule has 0 atom stereocenters. The molecule has 0 aliphatic heterocycles. The molecule has 0 amide bonds. The maximum atomic E-state index is 6.32. The average Bonchev–Trinajstić information content (AvgIpc) is 3.25. The fraction of sp³-hybridized carbons (Fsp3) is 0.250. The first kappa shape index (κ1) is 14.2. The van der Waals surface area contributed by atoms with Gasteiger partial charge in [-0.15, -0.1) is 0 Å². The second-order valence-corrected chi connectivity index (χ2v) is 6.51. The number of halogens is 2. The van der Waals surface area contributed by atoms with Gasteiger partial charge in [0.2, 0.25) is 0 Å². The average molecular weight is 400 g/mol. The molecule has 3 rings (SSSR count). The van der Waals surface area contributed by atoms with Gasteiger partial charge in [0.1, 0.15) is 11.5 Å². The van der Waals surface area contributed by atoms with Gasteiger partial charge in [-0.2, -0.15) is 0 Å². The summed E-state index contributed by atoms with van der Waals surface area (Å²) >= 11 is 8.58. The van der Waals surface area contributed by atoms with Crippen LogP contribution < -0.4 is 10.1 Å². The molecule has 2 aromatic carbocycles. The third-order valence-corrected chi connectivity index (χ3v) is 4.49. The number of para-hydroxylation sites is 1. The minimum Gasteiger partial charge on any atom is -0.456 e. The summed E-state index contributed by atoms with van der Waals surface area (Å²) in [5.74, 6) is 1.63. The first-order chi connectivity index (χ1) is 9.72. The van der Waals surface area contributed by atoms with Crippen molar-refractivity contribution in [3.05, 3.63) is 56.6 Å². The molecule has 0 saturated heterocycles. The van der Waals surface area contributed by atoms with Crippen LogP contribution in [0.3, 0.4) is 0 Å². The van der Waals surface area contributed by atoms with Crippen LogP contribution in [0, 0.1) is 3.57 Å². The van der Waals surface area contributed by atoms with Crippen LogP contribution in [0.15, 0.2) is 42.5 Å². The first-order valence-corrected chi connectivity index (χ1v) is 8.12. The standard InChI is InChI=1S/C16H15ClINO/c17-14-9-13(20-16-4-2-1-3-15(16)18)8-5-11(14)10-19-12-6-7-12/h1-5,8-9,12,19H,6-7,10H2. The minimum absolute atomic E-state index is 0.688. The molecule has 0 heterocycles. The number of ether oxygens (including phenoxy) is 1. The number of nitrogens with one attached hydrogen (secondary N) is 1. The van der Waals surface area contributed by atoms with Gasteiger partial charge in [0, 0.05) is 17.6 Å². The Morgan fingerprint density at radius 3 is 2.70 bits per heavy atom. The summed E-state index contributed by atoms with van der Waals surface area (Å²) in [6.45, 7) is 0.826. The third-order valence-electron chi connectivity index (χ3n) is 3.25. The first-order valence-electron chi connectivity index (χ1n) is 6.66.